The Morgan fingerprint density at radius 2 is 2.25 bits per heavy atom. The number of hydrogen-bond donors (Lipinski definition) is 1. The van der Waals surface area contributed by atoms with E-state index in [9.17, 15) is 4.39 Å². The van der Waals surface area contributed by atoms with Gasteiger partial charge in [-0.15, -0.1) is 0 Å². The van der Waals surface area contributed by atoms with Gasteiger partial charge in [-0.25, -0.2) is 4.39 Å². The van der Waals surface area contributed by atoms with Crippen LogP contribution in [0.2, 0.25) is 0 Å². The highest BCUT2D eigenvalue weighted by Crippen LogP contribution is 2.19. The number of ether oxygens (including phenoxy) is 1. The third-order valence-corrected chi connectivity index (χ3v) is 3.10. The molecule has 0 aliphatic carbocycles. The summed E-state index contributed by atoms with van der Waals surface area (Å²) in [6.07, 6.45) is 1.45. The summed E-state index contributed by atoms with van der Waals surface area (Å²) in [7, 11) is 0. The SMILES string of the molecule is CCOCCC(N)Cc1cc(F)ccc1Br. The van der Waals surface area contributed by atoms with E-state index < -0.39 is 0 Å². The van der Waals surface area contributed by atoms with Gasteiger partial charge in [0, 0.05) is 23.7 Å². The lowest BCUT2D eigenvalue weighted by Crippen LogP contribution is -2.24. The van der Waals surface area contributed by atoms with Crippen molar-refractivity contribution in [3.8, 4) is 0 Å². The standard InChI is InChI=1S/C12H17BrFNO/c1-2-16-6-5-11(15)8-9-7-10(14)3-4-12(9)13/h3-4,7,11H,2,5-6,8,15H2,1H3. The molecule has 0 spiro atoms. The fraction of sp³-hybridized carbons (Fsp3) is 0.500. The molecule has 1 rings (SSSR count). The van der Waals surface area contributed by atoms with Crippen LogP contribution in [-0.2, 0) is 11.2 Å². The maximum atomic E-state index is 13.0. The van der Waals surface area contributed by atoms with Crippen molar-refractivity contribution in [3.05, 3.63) is 34.1 Å². The van der Waals surface area contributed by atoms with Crippen LogP contribution in [0.25, 0.3) is 0 Å². The highest BCUT2D eigenvalue weighted by molar-refractivity contribution is 9.10. The molecule has 16 heavy (non-hydrogen) atoms. The lowest BCUT2D eigenvalue weighted by atomic mass is 10.0. The molecule has 0 amide bonds. The van der Waals surface area contributed by atoms with Crippen LogP contribution in [0, 0.1) is 5.82 Å². The molecule has 1 aromatic rings. The predicted octanol–water partition coefficient (Wildman–Crippen LogP) is 2.88. The Labute approximate surface area is 104 Å². The zero-order chi connectivity index (χ0) is 12.0. The van der Waals surface area contributed by atoms with Gasteiger partial charge >= 0.3 is 0 Å². The Kier molecular flexibility index (Phi) is 5.95. The molecule has 1 unspecified atom stereocenters. The van der Waals surface area contributed by atoms with Crippen LogP contribution in [-0.4, -0.2) is 19.3 Å². The Bertz CT molecular complexity index is 333. The van der Waals surface area contributed by atoms with Crippen LogP contribution < -0.4 is 5.73 Å². The minimum Gasteiger partial charge on any atom is -0.382 e. The zero-order valence-corrected chi connectivity index (χ0v) is 11.0. The molecule has 0 saturated heterocycles. The van der Waals surface area contributed by atoms with Gasteiger partial charge in [-0.2, -0.15) is 0 Å². The first-order valence-electron chi connectivity index (χ1n) is 5.40. The summed E-state index contributed by atoms with van der Waals surface area (Å²) in [5, 5.41) is 0. The quantitative estimate of drug-likeness (QED) is 0.818. The molecular formula is C12H17BrFNO. The van der Waals surface area contributed by atoms with Gasteiger partial charge in [0.15, 0.2) is 0 Å². The van der Waals surface area contributed by atoms with Gasteiger partial charge in [-0.05, 0) is 43.5 Å². The van der Waals surface area contributed by atoms with E-state index in [1.807, 2.05) is 6.92 Å². The Balaban J connectivity index is 2.48. The number of nitrogens with two attached hydrogens (primary N) is 1. The van der Waals surface area contributed by atoms with Crippen LogP contribution in [0.4, 0.5) is 4.39 Å². The molecule has 4 heteroatoms. The predicted molar refractivity (Wildman–Crippen MR) is 66.9 cm³/mol. The van der Waals surface area contributed by atoms with Crippen molar-refractivity contribution in [2.24, 2.45) is 5.73 Å². The highest BCUT2D eigenvalue weighted by Gasteiger charge is 2.08. The molecule has 0 aromatic heterocycles. The fourth-order valence-corrected chi connectivity index (χ4v) is 1.87. The fourth-order valence-electron chi connectivity index (χ4n) is 1.46. The summed E-state index contributed by atoms with van der Waals surface area (Å²) >= 11 is 3.39. The molecule has 0 bridgehead atoms. The van der Waals surface area contributed by atoms with E-state index in [-0.39, 0.29) is 11.9 Å². The third kappa shape index (κ3) is 4.60. The Morgan fingerprint density at radius 1 is 1.50 bits per heavy atom. The molecule has 0 aliphatic heterocycles. The molecule has 0 saturated carbocycles. The van der Waals surface area contributed by atoms with Crippen LogP contribution in [0.1, 0.15) is 18.9 Å². The third-order valence-electron chi connectivity index (χ3n) is 2.33. The zero-order valence-electron chi connectivity index (χ0n) is 9.38. The monoisotopic (exact) mass is 289 g/mol. The summed E-state index contributed by atoms with van der Waals surface area (Å²) in [4.78, 5) is 0. The molecule has 1 aromatic carbocycles. The first-order valence-corrected chi connectivity index (χ1v) is 6.20. The van der Waals surface area contributed by atoms with Gasteiger partial charge in [0.25, 0.3) is 0 Å². The van der Waals surface area contributed by atoms with Crippen molar-refractivity contribution in [1.82, 2.24) is 0 Å². The van der Waals surface area contributed by atoms with Crippen molar-refractivity contribution >= 4 is 15.9 Å². The second kappa shape index (κ2) is 6.99. The van der Waals surface area contributed by atoms with Gasteiger partial charge in [0.05, 0.1) is 0 Å². The maximum absolute atomic E-state index is 13.0. The van der Waals surface area contributed by atoms with Crippen LogP contribution >= 0.6 is 15.9 Å². The average molecular weight is 290 g/mol. The number of rotatable bonds is 6. The first-order chi connectivity index (χ1) is 7.63. The summed E-state index contributed by atoms with van der Waals surface area (Å²) < 4.78 is 19.2. The summed E-state index contributed by atoms with van der Waals surface area (Å²) in [6, 6.07) is 4.66. The van der Waals surface area contributed by atoms with E-state index in [2.05, 4.69) is 15.9 Å². The summed E-state index contributed by atoms with van der Waals surface area (Å²) in [6.45, 7) is 3.32. The van der Waals surface area contributed by atoms with E-state index >= 15 is 0 Å². The minimum absolute atomic E-state index is 0.00431. The minimum atomic E-state index is -0.227. The normalized spacial score (nSPS) is 12.8. The van der Waals surface area contributed by atoms with Gasteiger partial charge < -0.3 is 10.5 Å². The summed E-state index contributed by atoms with van der Waals surface area (Å²) in [5.74, 6) is -0.227. The van der Waals surface area contributed by atoms with E-state index in [0.29, 0.717) is 19.6 Å². The Hall–Kier alpha value is -0.450. The Morgan fingerprint density at radius 3 is 2.94 bits per heavy atom. The smallest absolute Gasteiger partial charge is 0.123 e. The lowest BCUT2D eigenvalue weighted by molar-refractivity contribution is 0.140. The van der Waals surface area contributed by atoms with E-state index in [1.165, 1.54) is 12.1 Å². The average Bonchev–Trinajstić information content (AvgIpc) is 2.24. The lowest BCUT2D eigenvalue weighted by Gasteiger charge is -2.12. The first kappa shape index (κ1) is 13.6. The van der Waals surface area contributed by atoms with Crippen LogP contribution in [0.15, 0.2) is 22.7 Å². The molecule has 90 valence electrons. The number of hydrogen-bond acceptors (Lipinski definition) is 2. The van der Waals surface area contributed by atoms with Crippen LogP contribution in [0.5, 0.6) is 0 Å². The molecule has 2 N–H and O–H groups in total. The van der Waals surface area contributed by atoms with Crippen molar-refractivity contribution in [2.75, 3.05) is 13.2 Å². The number of halogens is 2. The molecule has 0 heterocycles. The largest absolute Gasteiger partial charge is 0.382 e. The number of benzene rings is 1. The molecule has 1 atom stereocenters. The van der Waals surface area contributed by atoms with Crippen molar-refractivity contribution in [1.29, 1.82) is 0 Å². The van der Waals surface area contributed by atoms with Crippen molar-refractivity contribution < 1.29 is 9.13 Å². The molecule has 0 fully saturated rings. The topological polar surface area (TPSA) is 35.2 Å². The van der Waals surface area contributed by atoms with Crippen molar-refractivity contribution in [2.45, 2.75) is 25.8 Å². The summed E-state index contributed by atoms with van der Waals surface area (Å²) in [5.41, 5.74) is 6.85. The van der Waals surface area contributed by atoms with Gasteiger partial charge in [-0.3, -0.25) is 0 Å². The van der Waals surface area contributed by atoms with Crippen LogP contribution in [0.3, 0.4) is 0 Å². The van der Waals surface area contributed by atoms with E-state index in [1.54, 1.807) is 6.07 Å². The van der Waals surface area contributed by atoms with E-state index in [0.717, 1.165) is 16.5 Å². The van der Waals surface area contributed by atoms with Gasteiger partial charge in [0.2, 0.25) is 0 Å². The van der Waals surface area contributed by atoms with E-state index in [4.69, 9.17) is 10.5 Å². The van der Waals surface area contributed by atoms with Gasteiger partial charge in [-0.1, -0.05) is 15.9 Å². The second-order valence-electron chi connectivity index (χ2n) is 3.69. The maximum Gasteiger partial charge on any atom is 0.123 e. The molecule has 2 nitrogen and oxygen atoms in total. The molecule has 0 radical (unpaired) electrons. The molecule has 0 aliphatic rings. The molecular weight excluding hydrogens is 273 g/mol. The second-order valence-corrected chi connectivity index (χ2v) is 4.54. The highest BCUT2D eigenvalue weighted by atomic mass is 79.9. The van der Waals surface area contributed by atoms with Gasteiger partial charge in [0.1, 0.15) is 5.82 Å². The van der Waals surface area contributed by atoms with Crippen molar-refractivity contribution in [3.63, 3.8) is 0 Å².